The van der Waals surface area contributed by atoms with Gasteiger partial charge in [0.15, 0.2) is 5.60 Å². The number of hydrogen-bond donors (Lipinski definition) is 2. The van der Waals surface area contributed by atoms with Crippen molar-refractivity contribution in [1.29, 1.82) is 0 Å². The number of halogens is 1. The molecule has 35 heavy (non-hydrogen) atoms. The number of nitrogens with one attached hydrogen (secondary N) is 2. The summed E-state index contributed by atoms with van der Waals surface area (Å²) in [6, 6.07) is 11.4. The molecule has 3 heterocycles. The van der Waals surface area contributed by atoms with Crippen molar-refractivity contribution in [2.75, 3.05) is 25.2 Å². The van der Waals surface area contributed by atoms with Crippen molar-refractivity contribution in [3.63, 3.8) is 0 Å². The van der Waals surface area contributed by atoms with Crippen molar-refractivity contribution in [3.05, 3.63) is 53.2 Å². The van der Waals surface area contributed by atoms with Gasteiger partial charge in [-0.15, -0.1) is 0 Å². The molecule has 2 amide bonds. The fraction of sp³-hybridized carbons (Fsp3) is 0.500. The third kappa shape index (κ3) is 6.05. The number of methoxy groups -OCH3 is 1. The Labute approximate surface area is 211 Å². The van der Waals surface area contributed by atoms with Gasteiger partial charge in [-0.3, -0.25) is 9.59 Å². The van der Waals surface area contributed by atoms with Gasteiger partial charge in [0.1, 0.15) is 11.6 Å². The molecule has 188 valence electrons. The molecule has 1 aromatic carbocycles. The van der Waals surface area contributed by atoms with Crippen molar-refractivity contribution in [1.82, 2.24) is 15.6 Å². The van der Waals surface area contributed by atoms with Crippen LogP contribution in [0.4, 0.5) is 5.82 Å². The fourth-order valence-electron chi connectivity index (χ4n) is 4.91. The van der Waals surface area contributed by atoms with E-state index in [1.165, 1.54) is 0 Å². The number of carbonyl (C=O) groups is 2. The summed E-state index contributed by atoms with van der Waals surface area (Å²) in [5.41, 5.74) is -0.479. The maximum Gasteiger partial charge on any atom is 0.263 e. The second-order valence-corrected chi connectivity index (χ2v) is 10.1. The zero-order chi connectivity index (χ0) is 25.0. The third-order valence-electron chi connectivity index (χ3n) is 6.67. The summed E-state index contributed by atoms with van der Waals surface area (Å²) in [5, 5.41) is 6.64. The second-order valence-electron chi connectivity index (χ2n) is 9.65. The number of piperidine rings is 1. The quantitative estimate of drug-likeness (QED) is 0.511. The SMILES string of the molecule is COCCNC(=O)c1ccc(N2C3CCC2CC(NC(=O)C(C)(C)Oc2ccc(Cl)cc2)C3)nc1. The van der Waals surface area contributed by atoms with E-state index in [4.69, 9.17) is 21.1 Å². The molecule has 8 nitrogen and oxygen atoms in total. The van der Waals surface area contributed by atoms with Crippen LogP contribution in [0, 0.1) is 0 Å². The molecule has 2 N–H and O–H groups in total. The molecule has 0 aliphatic carbocycles. The van der Waals surface area contributed by atoms with E-state index in [0.717, 1.165) is 31.5 Å². The second kappa shape index (κ2) is 10.8. The molecule has 2 bridgehead atoms. The van der Waals surface area contributed by atoms with Crippen LogP contribution >= 0.6 is 11.6 Å². The number of carbonyl (C=O) groups excluding carboxylic acids is 2. The van der Waals surface area contributed by atoms with E-state index >= 15 is 0 Å². The Balaban J connectivity index is 1.34. The van der Waals surface area contributed by atoms with E-state index < -0.39 is 5.60 Å². The summed E-state index contributed by atoms with van der Waals surface area (Å²) < 4.78 is 10.9. The lowest BCUT2D eigenvalue weighted by Gasteiger charge is -2.40. The number of rotatable bonds is 9. The lowest BCUT2D eigenvalue weighted by Crippen LogP contribution is -2.55. The highest BCUT2D eigenvalue weighted by atomic mass is 35.5. The van der Waals surface area contributed by atoms with E-state index in [1.807, 2.05) is 12.1 Å². The fourth-order valence-corrected chi connectivity index (χ4v) is 5.04. The van der Waals surface area contributed by atoms with Crippen LogP contribution in [-0.4, -0.2) is 60.8 Å². The molecule has 2 aliphatic rings. The Morgan fingerprint density at radius 1 is 1.11 bits per heavy atom. The Morgan fingerprint density at radius 3 is 2.40 bits per heavy atom. The van der Waals surface area contributed by atoms with E-state index in [9.17, 15) is 9.59 Å². The minimum Gasteiger partial charge on any atom is -0.478 e. The van der Waals surface area contributed by atoms with Gasteiger partial charge >= 0.3 is 0 Å². The molecule has 2 atom stereocenters. The van der Waals surface area contributed by atoms with Gasteiger partial charge in [0, 0.05) is 43.0 Å². The number of benzene rings is 1. The number of amides is 2. The minimum atomic E-state index is -1.01. The zero-order valence-electron chi connectivity index (χ0n) is 20.4. The lowest BCUT2D eigenvalue weighted by molar-refractivity contribution is -0.135. The van der Waals surface area contributed by atoms with Gasteiger partial charge in [0.05, 0.1) is 12.2 Å². The van der Waals surface area contributed by atoms with E-state index in [2.05, 4.69) is 20.5 Å². The molecule has 0 spiro atoms. The van der Waals surface area contributed by atoms with Crippen LogP contribution in [-0.2, 0) is 9.53 Å². The van der Waals surface area contributed by atoms with Gasteiger partial charge in [-0.25, -0.2) is 4.98 Å². The number of nitrogens with zero attached hydrogens (tertiary/aromatic N) is 2. The van der Waals surface area contributed by atoms with Crippen LogP contribution in [0.5, 0.6) is 5.75 Å². The summed E-state index contributed by atoms with van der Waals surface area (Å²) in [5.74, 6) is 1.19. The van der Waals surface area contributed by atoms with Crippen LogP contribution < -0.4 is 20.3 Å². The molecule has 2 fully saturated rings. The van der Waals surface area contributed by atoms with Crippen molar-refractivity contribution in [2.24, 2.45) is 0 Å². The first-order valence-corrected chi connectivity index (χ1v) is 12.4. The molecule has 1 aromatic heterocycles. The molecule has 0 radical (unpaired) electrons. The van der Waals surface area contributed by atoms with Crippen LogP contribution in [0.3, 0.4) is 0 Å². The smallest absolute Gasteiger partial charge is 0.263 e. The number of fused-ring (bicyclic) bond motifs is 2. The number of pyridine rings is 1. The zero-order valence-corrected chi connectivity index (χ0v) is 21.2. The van der Waals surface area contributed by atoms with E-state index in [1.54, 1.807) is 51.4 Å². The summed E-state index contributed by atoms with van der Waals surface area (Å²) in [4.78, 5) is 32.2. The molecule has 4 rings (SSSR count). The van der Waals surface area contributed by atoms with E-state index in [0.29, 0.717) is 41.6 Å². The predicted octanol–water partition coefficient (Wildman–Crippen LogP) is 3.58. The Kier molecular flexibility index (Phi) is 7.82. The number of hydrogen-bond acceptors (Lipinski definition) is 6. The highest BCUT2D eigenvalue weighted by Crippen LogP contribution is 2.38. The van der Waals surface area contributed by atoms with Crippen LogP contribution in [0.25, 0.3) is 0 Å². The van der Waals surface area contributed by atoms with Crippen molar-refractivity contribution in [2.45, 2.75) is 63.3 Å². The normalized spacial score (nSPS) is 21.5. The maximum absolute atomic E-state index is 13.1. The van der Waals surface area contributed by atoms with Gasteiger partial charge in [-0.1, -0.05) is 11.6 Å². The van der Waals surface area contributed by atoms with E-state index in [-0.39, 0.29) is 17.9 Å². The Bertz CT molecular complexity index is 1010. The average Bonchev–Trinajstić information content (AvgIpc) is 3.10. The van der Waals surface area contributed by atoms with Gasteiger partial charge in [0.2, 0.25) is 0 Å². The first kappa shape index (κ1) is 25.3. The van der Waals surface area contributed by atoms with Gasteiger partial charge in [0.25, 0.3) is 11.8 Å². The monoisotopic (exact) mass is 500 g/mol. The molecular formula is C26H33ClN4O4. The topological polar surface area (TPSA) is 92.8 Å². The first-order valence-electron chi connectivity index (χ1n) is 12.0. The predicted molar refractivity (Wildman–Crippen MR) is 135 cm³/mol. The van der Waals surface area contributed by atoms with Crippen molar-refractivity contribution < 1.29 is 19.1 Å². The Morgan fingerprint density at radius 2 is 1.80 bits per heavy atom. The third-order valence-corrected chi connectivity index (χ3v) is 6.92. The van der Waals surface area contributed by atoms with Crippen LogP contribution in [0.15, 0.2) is 42.6 Å². The molecule has 2 saturated heterocycles. The summed E-state index contributed by atoms with van der Waals surface area (Å²) in [6.45, 7) is 4.48. The van der Waals surface area contributed by atoms with Crippen LogP contribution in [0.1, 0.15) is 49.9 Å². The minimum absolute atomic E-state index is 0.0789. The molecule has 2 unspecified atom stereocenters. The van der Waals surface area contributed by atoms with Crippen LogP contribution in [0.2, 0.25) is 5.02 Å². The van der Waals surface area contributed by atoms with Gasteiger partial charge in [-0.05, 0) is 75.9 Å². The lowest BCUT2D eigenvalue weighted by atomic mass is 9.96. The molecule has 9 heteroatoms. The van der Waals surface area contributed by atoms with Gasteiger partial charge < -0.3 is 25.0 Å². The average molecular weight is 501 g/mol. The largest absolute Gasteiger partial charge is 0.478 e. The summed E-state index contributed by atoms with van der Waals surface area (Å²) in [7, 11) is 1.60. The number of aromatic nitrogens is 1. The number of ether oxygens (including phenoxy) is 2. The standard InChI is InChI=1S/C26H33ClN4O4/c1-26(2,35-22-9-5-18(27)6-10-22)25(33)30-19-14-20-7-8-21(15-19)31(20)23-11-4-17(16-29-23)24(32)28-12-13-34-3/h4-6,9-11,16,19-21H,7-8,12-15H2,1-3H3,(H,28,32)(H,30,33). The highest BCUT2D eigenvalue weighted by Gasteiger charge is 2.43. The molecular weight excluding hydrogens is 468 g/mol. The molecule has 2 aromatic rings. The Hall–Kier alpha value is -2.84. The van der Waals surface area contributed by atoms with Crippen molar-refractivity contribution in [3.8, 4) is 5.75 Å². The number of anilines is 1. The van der Waals surface area contributed by atoms with Gasteiger partial charge in [-0.2, -0.15) is 0 Å². The summed E-state index contributed by atoms with van der Waals surface area (Å²) >= 11 is 5.94. The van der Waals surface area contributed by atoms with Crippen molar-refractivity contribution >= 4 is 29.2 Å². The molecule has 2 aliphatic heterocycles. The molecule has 0 saturated carbocycles. The maximum atomic E-state index is 13.1. The highest BCUT2D eigenvalue weighted by molar-refractivity contribution is 6.30. The summed E-state index contributed by atoms with van der Waals surface area (Å²) in [6.07, 6.45) is 5.44. The first-order chi connectivity index (χ1) is 16.8.